The molecule has 0 saturated carbocycles. The van der Waals surface area contributed by atoms with Crippen molar-refractivity contribution < 1.29 is 18.7 Å². The van der Waals surface area contributed by atoms with Crippen LogP contribution in [0, 0.1) is 0 Å². The molecular formula is C19H12N2O4S. The number of aromatic nitrogens is 1. The first-order chi connectivity index (χ1) is 12.7. The summed E-state index contributed by atoms with van der Waals surface area (Å²) in [4.78, 5) is 27.6. The number of fused-ring (bicyclic) bond motifs is 2. The monoisotopic (exact) mass is 364 g/mol. The summed E-state index contributed by atoms with van der Waals surface area (Å²) >= 11 is 0.864. The molecule has 5 rings (SSSR count). The van der Waals surface area contributed by atoms with Crippen LogP contribution in [0.15, 0.2) is 46.0 Å². The van der Waals surface area contributed by atoms with E-state index in [9.17, 15) is 9.59 Å². The molecule has 6 nitrogen and oxygen atoms in total. The van der Waals surface area contributed by atoms with Gasteiger partial charge in [-0.25, -0.2) is 0 Å². The number of imide groups is 1. The van der Waals surface area contributed by atoms with E-state index in [0.717, 1.165) is 40.4 Å². The highest BCUT2D eigenvalue weighted by Crippen LogP contribution is 2.35. The van der Waals surface area contributed by atoms with E-state index in [1.54, 1.807) is 18.5 Å². The molecule has 1 fully saturated rings. The van der Waals surface area contributed by atoms with Crippen LogP contribution in [0.4, 0.5) is 4.79 Å². The van der Waals surface area contributed by atoms with Gasteiger partial charge in [0.25, 0.3) is 11.1 Å². The van der Waals surface area contributed by atoms with Crippen LogP contribution >= 0.6 is 11.8 Å². The molecule has 3 aromatic rings. The van der Waals surface area contributed by atoms with Crippen LogP contribution in [0.5, 0.6) is 5.75 Å². The van der Waals surface area contributed by atoms with Gasteiger partial charge in [0.2, 0.25) is 0 Å². The smallest absolute Gasteiger partial charge is 0.290 e. The Morgan fingerprint density at radius 2 is 2.12 bits per heavy atom. The number of benzene rings is 1. The molecule has 2 amide bonds. The van der Waals surface area contributed by atoms with Crippen molar-refractivity contribution in [3.8, 4) is 16.9 Å². The number of hydrogen-bond acceptors (Lipinski definition) is 6. The highest BCUT2D eigenvalue weighted by molar-refractivity contribution is 8.18. The number of thioether (sulfide) groups is 1. The van der Waals surface area contributed by atoms with E-state index in [-0.39, 0.29) is 5.24 Å². The highest BCUT2D eigenvalue weighted by Gasteiger charge is 2.25. The molecular weight excluding hydrogens is 352 g/mol. The first kappa shape index (κ1) is 15.2. The number of carbonyl (C=O) groups is 2. The lowest BCUT2D eigenvalue weighted by Gasteiger charge is -2.04. The summed E-state index contributed by atoms with van der Waals surface area (Å²) in [5, 5.41) is 2.69. The van der Waals surface area contributed by atoms with Crippen molar-refractivity contribution in [1.29, 1.82) is 0 Å². The molecule has 0 unspecified atom stereocenters. The fourth-order valence-electron chi connectivity index (χ4n) is 3.16. The normalized spacial score (nSPS) is 17.6. The molecule has 0 spiro atoms. The van der Waals surface area contributed by atoms with Crippen LogP contribution in [0.2, 0.25) is 0 Å². The number of furan rings is 1. The summed E-state index contributed by atoms with van der Waals surface area (Å²) in [5.41, 5.74) is 3.75. The number of ether oxygens (including phenoxy) is 1. The van der Waals surface area contributed by atoms with Crippen LogP contribution in [0.1, 0.15) is 11.3 Å². The van der Waals surface area contributed by atoms with Gasteiger partial charge < -0.3 is 9.15 Å². The van der Waals surface area contributed by atoms with Gasteiger partial charge in [0, 0.05) is 35.8 Å². The van der Waals surface area contributed by atoms with Gasteiger partial charge >= 0.3 is 0 Å². The Morgan fingerprint density at radius 1 is 1.19 bits per heavy atom. The second kappa shape index (κ2) is 5.74. The molecule has 0 radical (unpaired) electrons. The maximum atomic E-state index is 11.7. The second-order valence-corrected chi connectivity index (χ2v) is 7.04. The molecule has 1 aromatic carbocycles. The van der Waals surface area contributed by atoms with Gasteiger partial charge in [-0.2, -0.15) is 0 Å². The number of carbonyl (C=O) groups excluding carboxylic acids is 2. The largest absolute Gasteiger partial charge is 0.493 e. The third-order valence-corrected chi connectivity index (χ3v) is 5.17. The van der Waals surface area contributed by atoms with E-state index in [1.165, 1.54) is 5.56 Å². The fourth-order valence-corrected chi connectivity index (χ4v) is 3.83. The average molecular weight is 364 g/mol. The van der Waals surface area contributed by atoms with Gasteiger partial charge in [0.1, 0.15) is 17.1 Å². The molecule has 7 heteroatoms. The predicted octanol–water partition coefficient (Wildman–Crippen LogP) is 3.75. The number of pyridine rings is 1. The molecule has 2 aliphatic heterocycles. The molecule has 0 bridgehead atoms. The number of rotatable bonds is 2. The van der Waals surface area contributed by atoms with Crippen molar-refractivity contribution in [3.05, 3.63) is 52.9 Å². The average Bonchev–Trinajstić information content (AvgIpc) is 3.32. The predicted molar refractivity (Wildman–Crippen MR) is 97.8 cm³/mol. The van der Waals surface area contributed by atoms with E-state index >= 15 is 0 Å². The number of nitrogens with zero attached hydrogens (tertiary/aromatic N) is 1. The Balaban J connectivity index is 1.60. The standard InChI is InChI=1S/C19H12N2O4S/c22-18-16(26-19(23)21-18)7-13-6-12-8-20-9-14(17(12)25-13)10-1-2-15-11(5-10)3-4-24-15/h1-2,5-9H,3-4H2,(H,21,22,23)/b16-7-. The van der Waals surface area contributed by atoms with Gasteiger partial charge in [-0.1, -0.05) is 6.07 Å². The van der Waals surface area contributed by atoms with Gasteiger partial charge in [-0.05, 0) is 41.1 Å². The molecule has 4 heterocycles. The Morgan fingerprint density at radius 3 is 2.96 bits per heavy atom. The Hall–Kier alpha value is -3.06. The zero-order valence-electron chi connectivity index (χ0n) is 13.4. The summed E-state index contributed by atoms with van der Waals surface area (Å²) in [5.74, 6) is 1.02. The van der Waals surface area contributed by atoms with Crippen molar-refractivity contribution in [2.24, 2.45) is 0 Å². The molecule has 1 saturated heterocycles. The van der Waals surface area contributed by atoms with Gasteiger partial charge in [0.05, 0.1) is 11.5 Å². The number of amides is 2. The van der Waals surface area contributed by atoms with Crippen LogP contribution in [-0.4, -0.2) is 22.7 Å². The molecule has 128 valence electrons. The minimum Gasteiger partial charge on any atom is -0.493 e. The van der Waals surface area contributed by atoms with Crippen LogP contribution < -0.4 is 10.1 Å². The van der Waals surface area contributed by atoms with Crippen molar-refractivity contribution in [2.75, 3.05) is 6.61 Å². The molecule has 1 N–H and O–H groups in total. The molecule has 2 aromatic heterocycles. The first-order valence-corrected chi connectivity index (χ1v) is 8.87. The Bertz CT molecular complexity index is 1120. The quantitative estimate of drug-likeness (QED) is 0.698. The minimum absolute atomic E-state index is 0.318. The first-order valence-electron chi connectivity index (χ1n) is 8.06. The number of hydrogen-bond donors (Lipinski definition) is 1. The lowest BCUT2D eigenvalue weighted by atomic mass is 10.0. The Kier molecular flexibility index (Phi) is 3.36. The van der Waals surface area contributed by atoms with E-state index in [0.29, 0.717) is 22.9 Å². The van der Waals surface area contributed by atoms with Crippen molar-refractivity contribution in [2.45, 2.75) is 6.42 Å². The van der Waals surface area contributed by atoms with Gasteiger partial charge in [-0.3, -0.25) is 19.9 Å². The second-order valence-electron chi connectivity index (χ2n) is 6.03. The van der Waals surface area contributed by atoms with E-state index < -0.39 is 5.91 Å². The maximum absolute atomic E-state index is 11.7. The SMILES string of the molecule is O=C1NC(=O)/C(=C/c2cc3cncc(-c4ccc5c(c4)CCO5)c3o2)S1. The topological polar surface area (TPSA) is 81.4 Å². The van der Waals surface area contributed by atoms with Crippen molar-refractivity contribution >= 4 is 40.0 Å². The minimum atomic E-state index is -0.405. The number of nitrogens with one attached hydrogen (secondary N) is 1. The lowest BCUT2D eigenvalue weighted by molar-refractivity contribution is -0.115. The third-order valence-electron chi connectivity index (χ3n) is 4.36. The Labute approximate surface area is 152 Å². The molecule has 2 aliphatic rings. The van der Waals surface area contributed by atoms with Crippen LogP contribution in [0.25, 0.3) is 28.2 Å². The molecule has 0 aliphatic carbocycles. The zero-order valence-corrected chi connectivity index (χ0v) is 14.3. The summed E-state index contributed by atoms with van der Waals surface area (Å²) in [6.07, 6.45) is 5.95. The van der Waals surface area contributed by atoms with E-state index in [1.807, 2.05) is 18.2 Å². The van der Waals surface area contributed by atoms with E-state index in [2.05, 4.69) is 16.4 Å². The van der Waals surface area contributed by atoms with Crippen LogP contribution in [0.3, 0.4) is 0 Å². The molecule has 26 heavy (non-hydrogen) atoms. The zero-order chi connectivity index (χ0) is 17.7. The van der Waals surface area contributed by atoms with Gasteiger partial charge in [-0.15, -0.1) is 0 Å². The van der Waals surface area contributed by atoms with Crippen molar-refractivity contribution in [1.82, 2.24) is 10.3 Å². The maximum Gasteiger partial charge on any atom is 0.290 e. The summed E-state index contributed by atoms with van der Waals surface area (Å²) in [6.45, 7) is 0.707. The summed E-state index contributed by atoms with van der Waals surface area (Å²) in [6, 6.07) is 7.86. The van der Waals surface area contributed by atoms with Crippen molar-refractivity contribution in [3.63, 3.8) is 0 Å². The third kappa shape index (κ3) is 2.48. The molecule has 0 atom stereocenters. The van der Waals surface area contributed by atoms with E-state index in [4.69, 9.17) is 9.15 Å². The fraction of sp³-hybridized carbons (Fsp3) is 0.105. The summed E-state index contributed by atoms with van der Waals surface area (Å²) in [7, 11) is 0. The van der Waals surface area contributed by atoms with Crippen LogP contribution in [-0.2, 0) is 11.2 Å². The van der Waals surface area contributed by atoms with Gasteiger partial charge in [0.15, 0.2) is 0 Å². The lowest BCUT2D eigenvalue weighted by Crippen LogP contribution is -2.17. The highest BCUT2D eigenvalue weighted by atomic mass is 32.2. The summed E-state index contributed by atoms with van der Waals surface area (Å²) < 4.78 is 11.5.